The Balaban J connectivity index is 2.30. The Kier molecular flexibility index (Phi) is 3.66. The molecule has 88 valence electrons. The van der Waals surface area contributed by atoms with E-state index in [4.69, 9.17) is 9.52 Å². The zero-order chi connectivity index (χ0) is 11.6. The van der Waals surface area contributed by atoms with E-state index >= 15 is 0 Å². The number of ether oxygens (including phenoxy) is 1. The minimum Gasteiger partial charge on any atom is -0.381 e. The van der Waals surface area contributed by atoms with Gasteiger partial charge in [-0.1, -0.05) is 22.0 Å². The molecule has 16 heavy (non-hydrogen) atoms. The van der Waals surface area contributed by atoms with E-state index in [0.717, 1.165) is 17.3 Å². The topological polar surface area (TPSA) is 50.2 Å². The van der Waals surface area contributed by atoms with Gasteiger partial charge in [0, 0.05) is 22.6 Å². The maximum absolute atomic E-state index is 12.5. The number of rotatable bonds is 2. The third kappa shape index (κ3) is 2.47. The Labute approximate surface area is 104 Å². The standard InChI is InChI=1S/C11H14BrNO2S/c12-9-2-1-3-11(8-9)16(13,14)10-4-6-15-7-5-10/h1-3,8,10,13H,4-7H2. The SMILES string of the molecule is N=S(=O)(c1cccc(Br)c1)C1CCOCC1. The smallest absolute Gasteiger partial charge is 0.0757 e. The van der Waals surface area contributed by atoms with Gasteiger partial charge in [-0.3, -0.25) is 0 Å². The van der Waals surface area contributed by atoms with E-state index in [1.165, 1.54) is 0 Å². The highest BCUT2D eigenvalue weighted by Crippen LogP contribution is 2.26. The van der Waals surface area contributed by atoms with E-state index in [1.54, 1.807) is 12.1 Å². The molecule has 0 saturated carbocycles. The molecular weight excluding hydrogens is 290 g/mol. The molecule has 5 heteroatoms. The van der Waals surface area contributed by atoms with Gasteiger partial charge >= 0.3 is 0 Å². The number of hydrogen-bond donors (Lipinski definition) is 1. The van der Waals surface area contributed by atoms with Crippen LogP contribution < -0.4 is 0 Å². The van der Waals surface area contributed by atoms with Crippen LogP contribution in [0, 0.1) is 4.78 Å². The first-order valence-corrected chi connectivity index (χ1v) is 7.63. The molecule has 0 amide bonds. The number of halogens is 1. The maximum atomic E-state index is 12.5. The van der Waals surface area contributed by atoms with Crippen LogP contribution in [0.5, 0.6) is 0 Å². The molecule has 1 aliphatic rings. The average molecular weight is 304 g/mol. The van der Waals surface area contributed by atoms with Gasteiger partial charge in [0.1, 0.15) is 0 Å². The highest BCUT2D eigenvalue weighted by atomic mass is 79.9. The van der Waals surface area contributed by atoms with E-state index in [0.29, 0.717) is 18.1 Å². The van der Waals surface area contributed by atoms with Crippen LogP contribution in [-0.4, -0.2) is 22.7 Å². The second-order valence-corrected chi connectivity index (χ2v) is 7.12. The van der Waals surface area contributed by atoms with E-state index in [1.807, 2.05) is 12.1 Å². The fourth-order valence-corrected chi connectivity index (χ4v) is 4.23. The molecule has 1 fully saturated rings. The van der Waals surface area contributed by atoms with Crippen LogP contribution in [0.4, 0.5) is 0 Å². The zero-order valence-corrected chi connectivity index (χ0v) is 11.2. The first-order valence-electron chi connectivity index (χ1n) is 5.21. The highest BCUT2D eigenvalue weighted by Gasteiger charge is 2.26. The largest absolute Gasteiger partial charge is 0.381 e. The third-order valence-corrected chi connectivity index (χ3v) is 5.64. The van der Waals surface area contributed by atoms with E-state index in [2.05, 4.69) is 15.9 Å². The van der Waals surface area contributed by atoms with Gasteiger partial charge in [-0.05, 0) is 31.0 Å². The Hall–Kier alpha value is -0.390. The molecule has 1 aromatic rings. The molecule has 2 rings (SSSR count). The Morgan fingerprint density at radius 3 is 2.69 bits per heavy atom. The second-order valence-electron chi connectivity index (χ2n) is 3.87. The van der Waals surface area contributed by atoms with Crippen molar-refractivity contribution in [1.82, 2.24) is 0 Å². The van der Waals surface area contributed by atoms with Crippen LogP contribution in [-0.2, 0) is 14.5 Å². The first-order chi connectivity index (χ1) is 7.60. The molecule has 0 radical (unpaired) electrons. The lowest BCUT2D eigenvalue weighted by atomic mass is 10.2. The van der Waals surface area contributed by atoms with Crippen molar-refractivity contribution in [1.29, 1.82) is 4.78 Å². The van der Waals surface area contributed by atoms with Gasteiger partial charge in [0.25, 0.3) is 0 Å². The third-order valence-electron chi connectivity index (χ3n) is 2.78. The Bertz CT molecular complexity index is 467. The van der Waals surface area contributed by atoms with Crippen LogP contribution in [0.3, 0.4) is 0 Å². The first kappa shape index (κ1) is 12.1. The van der Waals surface area contributed by atoms with Gasteiger partial charge in [0.05, 0.1) is 15.0 Å². The Morgan fingerprint density at radius 2 is 2.06 bits per heavy atom. The van der Waals surface area contributed by atoms with Crippen LogP contribution in [0.1, 0.15) is 12.8 Å². The zero-order valence-electron chi connectivity index (χ0n) is 8.82. The lowest BCUT2D eigenvalue weighted by Gasteiger charge is -2.24. The van der Waals surface area contributed by atoms with Crippen molar-refractivity contribution in [3.05, 3.63) is 28.7 Å². The normalized spacial score (nSPS) is 21.6. The summed E-state index contributed by atoms with van der Waals surface area (Å²) in [6.07, 6.45) is 1.43. The van der Waals surface area contributed by atoms with Crippen molar-refractivity contribution in [2.75, 3.05) is 13.2 Å². The van der Waals surface area contributed by atoms with Gasteiger partial charge in [0.2, 0.25) is 0 Å². The summed E-state index contributed by atoms with van der Waals surface area (Å²) in [4.78, 5) is 0.619. The minimum atomic E-state index is -2.69. The van der Waals surface area contributed by atoms with Crippen LogP contribution >= 0.6 is 15.9 Å². The summed E-state index contributed by atoms with van der Waals surface area (Å²) in [5.41, 5.74) is 0. The van der Waals surface area contributed by atoms with Crippen LogP contribution in [0.25, 0.3) is 0 Å². The molecule has 0 spiro atoms. The molecule has 3 nitrogen and oxygen atoms in total. The molecule has 1 aliphatic heterocycles. The van der Waals surface area contributed by atoms with E-state index < -0.39 is 9.73 Å². The molecule has 1 aromatic carbocycles. The van der Waals surface area contributed by atoms with Crippen molar-refractivity contribution in [2.24, 2.45) is 0 Å². The molecule has 0 aliphatic carbocycles. The van der Waals surface area contributed by atoms with Gasteiger partial charge in [0.15, 0.2) is 0 Å². The number of nitrogens with one attached hydrogen (secondary N) is 1. The fourth-order valence-electron chi connectivity index (χ4n) is 1.86. The molecule has 1 atom stereocenters. The molecule has 1 unspecified atom stereocenters. The van der Waals surface area contributed by atoms with Crippen molar-refractivity contribution >= 4 is 25.7 Å². The quantitative estimate of drug-likeness (QED) is 0.913. The van der Waals surface area contributed by atoms with Crippen molar-refractivity contribution in [2.45, 2.75) is 23.0 Å². The maximum Gasteiger partial charge on any atom is 0.0757 e. The van der Waals surface area contributed by atoms with Gasteiger partial charge in [-0.2, -0.15) is 0 Å². The number of hydrogen-bond acceptors (Lipinski definition) is 3. The lowest BCUT2D eigenvalue weighted by Crippen LogP contribution is -2.28. The Morgan fingerprint density at radius 1 is 1.38 bits per heavy atom. The molecule has 0 aromatic heterocycles. The predicted octanol–water partition coefficient (Wildman–Crippen LogP) is 3.03. The summed E-state index contributed by atoms with van der Waals surface area (Å²) >= 11 is 3.35. The van der Waals surface area contributed by atoms with Gasteiger partial charge in [-0.15, -0.1) is 0 Å². The van der Waals surface area contributed by atoms with E-state index in [9.17, 15) is 4.21 Å². The monoisotopic (exact) mass is 303 g/mol. The summed E-state index contributed by atoms with van der Waals surface area (Å²) < 4.78 is 26.7. The van der Waals surface area contributed by atoms with E-state index in [-0.39, 0.29) is 5.25 Å². The van der Waals surface area contributed by atoms with Crippen molar-refractivity contribution in [3.63, 3.8) is 0 Å². The summed E-state index contributed by atoms with van der Waals surface area (Å²) in [6, 6.07) is 7.26. The minimum absolute atomic E-state index is 0.0736. The van der Waals surface area contributed by atoms with Crippen molar-refractivity contribution < 1.29 is 8.95 Å². The summed E-state index contributed by atoms with van der Waals surface area (Å²) in [6.45, 7) is 1.24. The fraction of sp³-hybridized carbons (Fsp3) is 0.455. The predicted molar refractivity (Wildman–Crippen MR) is 67.1 cm³/mol. The number of benzene rings is 1. The highest BCUT2D eigenvalue weighted by molar-refractivity contribution is 9.10. The van der Waals surface area contributed by atoms with Gasteiger partial charge < -0.3 is 4.74 Å². The molecule has 1 saturated heterocycles. The van der Waals surface area contributed by atoms with Crippen molar-refractivity contribution in [3.8, 4) is 0 Å². The molecule has 1 N–H and O–H groups in total. The second kappa shape index (κ2) is 4.85. The average Bonchev–Trinajstić information content (AvgIpc) is 2.30. The molecular formula is C11H14BrNO2S. The summed E-state index contributed by atoms with van der Waals surface area (Å²) in [5.74, 6) is 0. The molecule has 0 bridgehead atoms. The lowest BCUT2D eigenvalue weighted by molar-refractivity contribution is 0.0989. The summed E-state index contributed by atoms with van der Waals surface area (Å²) in [5, 5.41) is -0.0736. The summed E-state index contributed by atoms with van der Waals surface area (Å²) in [7, 11) is -2.69. The van der Waals surface area contributed by atoms with Gasteiger partial charge in [-0.25, -0.2) is 8.99 Å². The molecule has 1 heterocycles. The van der Waals surface area contributed by atoms with Crippen LogP contribution in [0.2, 0.25) is 0 Å². The van der Waals surface area contributed by atoms with Crippen LogP contribution in [0.15, 0.2) is 33.6 Å².